The number of nitrogens with one attached hydrogen (secondary N) is 1. The Morgan fingerprint density at radius 1 is 0.821 bits per heavy atom. The lowest BCUT2D eigenvalue weighted by Gasteiger charge is -2.32. The summed E-state index contributed by atoms with van der Waals surface area (Å²) in [6.07, 6.45) is 0.538. The molecule has 0 unspecified atom stereocenters. The Bertz CT molecular complexity index is 1380. The summed E-state index contributed by atoms with van der Waals surface area (Å²) < 4.78 is 5.29. The number of rotatable bonds is 11. The first-order valence-corrected chi connectivity index (χ1v) is 13.4. The number of nitrogens with zero attached hydrogens (tertiary/aromatic N) is 1. The van der Waals surface area contributed by atoms with Crippen molar-refractivity contribution >= 4 is 35.0 Å². The van der Waals surface area contributed by atoms with Crippen LogP contribution >= 0.6 is 23.2 Å². The van der Waals surface area contributed by atoms with Gasteiger partial charge in [0.25, 0.3) is 0 Å². The molecule has 0 heterocycles. The molecule has 200 valence electrons. The van der Waals surface area contributed by atoms with Crippen LogP contribution in [0, 0.1) is 0 Å². The molecule has 0 radical (unpaired) electrons. The minimum atomic E-state index is -0.753. The zero-order chi connectivity index (χ0) is 27.6. The Kier molecular flexibility index (Phi) is 10.0. The number of ether oxygens (including phenoxy) is 1. The molecule has 0 spiro atoms. The maximum atomic E-state index is 13.8. The molecule has 2 amide bonds. The summed E-state index contributed by atoms with van der Waals surface area (Å²) >= 11 is 12.4. The van der Waals surface area contributed by atoms with Gasteiger partial charge in [0.1, 0.15) is 11.8 Å². The molecule has 1 N–H and O–H groups in total. The first kappa shape index (κ1) is 28.2. The summed E-state index contributed by atoms with van der Waals surface area (Å²) in [4.78, 5) is 29.3. The molecule has 0 fully saturated rings. The smallest absolute Gasteiger partial charge is 0.243 e. The molecule has 4 aromatic rings. The summed E-state index contributed by atoms with van der Waals surface area (Å²) in [5.41, 5.74) is 3.47. The first-order chi connectivity index (χ1) is 18.9. The molecule has 39 heavy (non-hydrogen) atoms. The van der Waals surface area contributed by atoms with E-state index >= 15 is 0 Å². The fourth-order valence-electron chi connectivity index (χ4n) is 4.32. The molecule has 1 atom stereocenters. The van der Waals surface area contributed by atoms with E-state index in [1.807, 2.05) is 84.9 Å². The average Bonchev–Trinajstić information content (AvgIpc) is 2.95. The van der Waals surface area contributed by atoms with E-state index in [1.54, 1.807) is 30.2 Å². The lowest BCUT2D eigenvalue weighted by atomic mass is 10.0. The molecular formula is C32H30Cl2N2O3. The van der Waals surface area contributed by atoms with Crippen molar-refractivity contribution in [3.8, 4) is 5.75 Å². The van der Waals surface area contributed by atoms with Gasteiger partial charge in [0, 0.05) is 29.6 Å². The van der Waals surface area contributed by atoms with E-state index in [1.165, 1.54) is 0 Å². The summed E-state index contributed by atoms with van der Waals surface area (Å²) in [7, 11) is 1.61. The van der Waals surface area contributed by atoms with E-state index in [2.05, 4.69) is 5.32 Å². The molecule has 0 saturated heterocycles. The quantitative estimate of drug-likeness (QED) is 0.228. The fraction of sp³-hybridized carbons (Fsp3) is 0.188. The number of benzene rings is 4. The van der Waals surface area contributed by atoms with Crippen LogP contribution in [0.4, 0.5) is 0 Å². The topological polar surface area (TPSA) is 58.6 Å². The van der Waals surface area contributed by atoms with Gasteiger partial charge in [0.05, 0.1) is 13.5 Å². The number of amides is 2. The minimum absolute atomic E-state index is 0.141. The molecule has 0 aliphatic carbocycles. The molecule has 7 heteroatoms. The third-order valence-corrected chi connectivity index (χ3v) is 7.04. The van der Waals surface area contributed by atoms with Gasteiger partial charge in [-0.15, -0.1) is 0 Å². The third kappa shape index (κ3) is 8.09. The minimum Gasteiger partial charge on any atom is -0.497 e. The Labute approximate surface area is 239 Å². The Morgan fingerprint density at radius 2 is 1.46 bits per heavy atom. The standard InChI is InChI=1S/C32H30Cl2N2O3/c1-39-28-16-12-25(13-17-28)22-36(31(37)19-24-10-6-3-7-11-24)30(18-23-8-4-2-5-9-23)32(38)35-21-26-14-15-27(33)20-29(26)34/h2-17,20,30H,18-19,21-22H2,1H3,(H,35,38)/t30-/m1/s1. The summed E-state index contributed by atoms with van der Waals surface area (Å²) in [6, 6.07) is 31.2. The van der Waals surface area contributed by atoms with E-state index in [9.17, 15) is 9.59 Å². The lowest BCUT2D eigenvalue weighted by Crippen LogP contribution is -2.50. The SMILES string of the molecule is COc1ccc(CN(C(=O)Cc2ccccc2)[C@H](Cc2ccccc2)C(=O)NCc2ccc(Cl)cc2Cl)cc1. The molecule has 5 nitrogen and oxygen atoms in total. The summed E-state index contributed by atoms with van der Waals surface area (Å²) in [5.74, 6) is 0.316. The highest BCUT2D eigenvalue weighted by molar-refractivity contribution is 6.35. The number of hydrogen-bond acceptors (Lipinski definition) is 3. The highest BCUT2D eigenvalue weighted by atomic mass is 35.5. The van der Waals surface area contributed by atoms with Crippen LogP contribution in [0.1, 0.15) is 22.3 Å². The van der Waals surface area contributed by atoms with Gasteiger partial charge in [-0.3, -0.25) is 9.59 Å². The van der Waals surface area contributed by atoms with Crippen molar-refractivity contribution in [1.29, 1.82) is 0 Å². The second-order valence-electron chi connectivity index (χ2n) is 9.19. The molecule has 0 bridgehead atoms. The van der Waals surface area contributed by atoms with Crippen molar-refractivity contribution in [2.75, 3.05) is 7.11 Å². The number of methoxy groups -OCH3 is 1. The highest BCUT2D eigenvalue weighted by Gasteiger charge is 2.30. The van der Waals surface area contributed by atoms with Gasteiger partial charge in [-0.2, -0.15) is 0 Å². The average molecular weight is 562 g/mol. The van der Waals surface area contributed by atoms with E-state index < -0.39 is 6.04 Å². The van der Waals surface area contributed by atoms with Gasteiger partial charge in [0.15, 0.2) is 0 Å². The predicted molar refractivity (Wildman–Crippen MR) is 156 cm³/mol. The van der Waals surface area contributed by atoms with Crippen molar-refractivity contribution in [3.63, 3.8) is 0 Å². The van der Waals surface area contributed by atoms with Crippen molar-refractivity contribution in [2.24, 2.45) is 0 Å². The molecule has 0 aromatic heterocycles. The Balaban J connectivity index is 1.65. The maximum Gasteiger partial charge on any atom is 0.243 e. The van der Waals surface area contributed by atoms with Gasteiger partial charge >= 0.3 is 0 Å². The summed E-state index contributed by atoms with van der Waals surface area (Å²) in [5, 5.41) is 3.99. The predicted octanol–water partition coefficient (Wildman–Crippen LogP) is 6.50. The van der Waals surface area contributed by atoms with Crippen LogP contribution in [-0.4, -0.2) is 29.9 Å². The van der Waals surface area contributed by atoms with E-state index in [0.717, 1.165) is 28.0 Å². The molecule has 0 aliphatic heterocycles. The maximum absolute atomic E-state index is 13.8. The lowest BCUT2D eigenvalue weighted by molar-refractivity contribution is -0.140. The normalized spacial score (nSPS) is 11.5. The van der Waals surface area contributed by atoms with Crippen LogP contribution < -0.4 is 10.1 Å². The van der Waals surface area contributed by atoms with Crippen molar-refractivity contribution in [3.05, 3.63) is 135 Å². The van der Waals surface area contributed by atoms with Gasteiger partial charge in [0.2, 0.25) is 11.8 Å². The number of halogens is 2. The number of hydrogen-bond donors (Lipinski definition) is 1. The van der Waals surface area contributed by atoms with Crippen LogP contribution in [0.3, 0.4) is 0 Å². The highest BCUT2D eigenvalue weighted by Crippen LogP contribution is 2.22. The second kappa shape index (κ2) is 13.8. The molecule has 4 rings (SSSR count). The van der Waals surface area contributed by atoms with Crippen LogP contribution in [0.15, 0.2) is 103 Å². The molecular weight excluding hydrogens is 531 g/mol. The zero-order valence-corrected chi connectivity index (χ0v) is 23.2. The van der Waals surface area contributed by atoms with Crippen LogP contribution in [0.2, 0.25) is 10.0 Å². The van der Waals surface area contributed by atoms with Crippen molar-refractivity contribution in [1.82, 2.24) is 10.2 Å². The number of carbonyl (C=O) groups excluding carboxylic acids is 2. The Morgan fingerprint density at radius 3 is 2.08 bits per heavy atom. The van der Waals surface area contributed by atoms with Crippen LogP contribution in [0.5, 0.6) is 5.75 Å². The second-order valence-corrected chi connectivity index (χ2v) is 10.0. The van der Waals surface area contributed by atoms with Crippen molar-refractivity contribution in [2.45, 2.75) is 32.0 Å². The third-order valence-electron chi connectivity index (χ3n) is 6.45. The molecule has 4 aromatic carbocycles. The van der Waals surface area contributed by atoms with Crippen molar-refractivity contribution < 1.29 is 14.3 Å². The van der Waals surface area contributed by atoms with Crippen LogP contribution in [0.25, 0.3) is 0 Å². The van der Waals surface area contributed by atoms with Crippen LogP contribution in [-0.2, 0) is 35.5 Å². The van der Waals surface area contributed by atoms with E-state index in [0.29, 0.717) is 16.5 Å². The largest absolute Gasteiger partial charge is 0.497 e. The van der Waals surface area contributed by atoms with E-state index in [4.69, 9.17) is 27.9 Å². The zero-order valence-electron chi connectivity index (χ0n) is 21.6. The molecule has 0 aliphatic rings. The monoisotopic (exact) mass is 560 g/mol. The fourth-order valence-corrected chi connectivity index (χ4v) is 4.79. The molecule has 0 saturated carbocycles. The Hall–Kier alpha value is -3.80. The van der Waals surface area contributed by atoms with Gasteiger partial charge in [-0.05, 0) is 46.5 Å². The summed E-state index contributed by atoms with van der Waals surface area (Å²) in [6.45, 7) is 0.478. The van der Waals surface area contributed by atoms with Gasteiger partial charge in [-0.1, -0.05) is 102 Å². The first-order valence-electron chi connectivity index (χ1n) is 12.6. The van der Waals surface area contributed by atoms with E-state index in [-0.39, 0.29) is 31.3 Å². The van der Waals surface area contributed by atoms with Gasteiger partial charge < -0.3 is 15.0 Å². The van der Waals surface area contributed by atoms with Gasteiger partial charge in [-0.25, -0.2) is 0 Å². The number of carbonyl (C=O) groups is 2.